The predicted octanol–water partition coefficient (Wildman–Crippen LogP) is 6.31. The van der Waals surface area contributed by atoms with E-state index in [2.05, 4.69) is 20.3 Å². The van der Waals surface area contributed by atoms with E-state index in [1.54, 1.807) is 28.4 Å². The molecule has 0 unspecified atom stereocenters. The summed E-state index contributed by atoms with van der Waals surface area (Å²) >= 11 is 1.08. The number of alkyl halides is 3. The van der Waals surface area contributed by atoms with Crippen molar-refractivity contribution >= 4 is 22.9 Å². The summed E-state index contributed by atoms with van der Waals surface area (Å²) in [4.78, 5) is 19.8. The number of benzene rings is 1. The molecule has 1 saturated heterocycles. The first kappa shape index (κ1) is 28.1. The summed E-state index contributed by atoms with van der Waals surface area (Å²) in [5.41, 5.74) is 3.79. The van der Waals surface area contributed by atoms with Gasteiger partial charge in [-0.05, 0) is 66.6 Å². The second-order valence-electron chi connectivity index (χ2n) is 10.4. The van der Waals surface area contributed by atoms with Gasteiger partial charge >= 0.3 is 6.18 Å². The van der Waals surface area contributed by atoms with Gasteiger partial charge in [-0.1, -0.05) is 32.4 Å². The average Bonchev–Trinajstić information content (AvgIpc) is 3.59. The van der Waals surface area contributed by atoms with Crippen LogP contribution in [0.25, 0.3) is 27.9 Å². The highest BCUT2D eigenvalue weighted by molar-refractivity contribution is 7.12. The van der Waals surface area contributed by atoms with Crippen LogP contribution in [-0.2, 0) is 0 Å². The molecule has 1 atom stereocenters. The summed E-state index contributed by atoms with van der Waals surface area (Å²) < 4.78 is 47.5. The Labute approximate surface area is 235 Å². The monoisotopic (exact) mass is 571 g/mol. The maximum Gasteiger partial charge on any atom is 0.408 e. The van der Waals surface area contributed by atoms with Crippen molar-refractivity contribution in [3.05, 3.63) is 59.2 Å². The third kappa shape index (κ3) is 6.47. The van der Waals surface area contributed by atoms with Gasteiger partial charge < -0.3 is 10.1 Å². The van der Waals surface area contributed by atoms with Crippen molar-refractivity contribution < 1.29 is 22.7 Å². The minimum atomic E-state index is -4.52. The lowest BCUT2D eigenvalue weighted by molar-refractivity contribution is -0.162. The topological polar surface area (TPSA) is 71.8 Å². The van der Waals surface area contributed by atoms with Gasteiger partial charge in [0.15, 0.2) is 5.65 Å². The standard InChI is InChI=1S/C29H32F3N5O2S/c1-19(2)26(29(30,31)32)35-28(38)25-14-21(18-40-25)24-16-34-37-17-22(15-33-27(24)37)20-6-8-23(9-7-20)39-13-12-36-10-4-3-5-11-36/h6-9,14-19,26H,3-5,10-13H2,1-2H3,(H,35,38)/t26-/m1/s1. The van der Waals surface area contributed by atoms with Crippen LogP contribution in [0.2, 0.25) is 0 Å². The van der Waals surface area contributed by atoms with E-state index < -0.39 is 24.0 Å². The number of hydrogen-bond acceptors (Lipinski definition) is 6. The second kappa shape index (κ2) is 12.0. The molecule has 1 fully saturated rings. The number of carbonyl (C=O) groups is 1. The van der Waals surface area contributed by atoms with Crippen molar-refractivity contribution in [3.63, 3.8) is 0 Å². The van der Waals surface area contributed by atoms with E-state index in [0.29, 0.717) is 23.4 Å². The molecule has 0 saturated carbocycles. The highest BCUT2D eigenvalue weighted by Crippen LogP contribution is 2.31. The molecule has 0 radical (unpaired) electrons. The first-order valence-electron chi connectivity index (χ1n) is 13.4. The summed E-state index contributed by atoms with van der Waals surface area (Å²) in [5.74, 6) is -0.712. The Morgan fingerprint density at radius 1 is 1.07 bits per heavy atom. The van der Waals surface area contributed by atoms with Crippen molar-refractivity contribution in [2.75, 3.05) is 26.2 Å². The maximum atomic E-state index is 13.3. The molecule has 5 rings (SSSR count). The summed E-state index contributed by atoms with van der Waals surface area (Å²) in [7, 11) is 0. The molecule has 0 spiro atoms. The summed E-state index contributed by atoms with van der Waals surface area (Å²) in [6.07, 6.45) is 4.59. The number of fused-ring (bicyclic) bond motifs is 1. The number of hydrogen-bond donors (Lipinski definition) is 1. The van der Waals surface area contributed by atoms with E-state index in [1.807, 2.05) is 30.5 Å². The van der Waals surface area contributed by atoms with Crippen LogP contribution in [0.15, 0.2) is 54.3 Å². The van der Waals surface area contributed by atoms with Gasteiger partial charge in [0.05, 0.1) is 11.1 Å². The number of amides is 1. The molecule has 4 aromatic rings. The number of likely N-dealkylation sites (tertiary alicyclic amines) is 1. The van der Waals surface area contributed by atoms with E-state index in [9.17, 15) is 18.0 Å². The van der Waals surface area contributed by atoms with E-state index in [0.717, 1.165) is 47.8 Å². The summed E-state index contributed by atoms with van der Waals surface area (Å²) in [6.45, 7) is 6.75. The zero-order chi connectivity index (χ0) is 28.3. The van der Waals surface area contributed by atoms with Crippen LogP contribution < -0.4 is 10.1 Å². The number of halogens is 3. The first-order chi connectivity index (χ1) is 19.2. The predicted molar refractivity (Wildman–Crippen MR) is 150 cm³/mol. The molecule has 4 heterocycles. The number of aromatic nitrogens is 3. The highest BCUT2D eigenvalue weighted by Gasteiger charge is 2.42. The Bertz CT molecular complexity index is 1440. The van der Waals surface area contributed by atoms with Crippen LogP contribution >= 0.6 is 11.3 Å². The fourth-order valence-electron chi connectivity index (χ4n) is 4.88. The molecular weight excluding hydrogens is 539 g/mol. The van der Waals surface area contributed by atoms with Crippen LogP contribution in [0.4, 0.5) is 13.2 Å². The molecule has 0 bridgehead atoms. The van der Waals surface area contributed by atoms with Crippen molar-refractivity contribution in [3.8, 4) is 28.0 Å². The van der Waals surface area contributed by atoms with Crippen molar-refractivity contribution in [1.82, 2.24) is 24.8 Å². The van der Waals surface area contributed by atoms with Crippen LogP contribution in [0.1, 0.15) is 42.8 Å². The number of carbonyl (C=O) groups excluding carboxylic acids is 1. The Morgan fingerprint density at radius 2 is 1.82 bits per heavy atom. The molecule has 1 aliphatic rings. The lowest BCUT2D eigenvalue weighted by Crippen LogP contribution is -2.48. The quantitative estimate of drug-likeness (QED) is 0.255. The minimum absolute atomic E-state index is 0.194. The summed E-state index contributed by atoms with van der Waals surface area (Å²) in [5, 5.41) is 8.27. The second-order valence-corrected chi connectivity index (χ2v) is 11.3. The number of nitrogens with one attached hydrogen (secondary N) is 1. The lowest BCUT2D eigenvalue weighted by atomic mass is 10.0. The Morgan fingerprint density at radius 3 is 2.52 bits per heavy atom. The van der Waals surface area contributed by atoms with E-state index in [4.69, 9.17) is 4.74 Å². The fraction of sp³-hybridized carbons (Fsp3) is 0.414. The Hall–Kier alpha value is -3.44. The smallest absolute Gasteiger partial charge is 0.408 e. The van der Waals surface area contributed by atoms with Gasteiger partial charge in [0.2, 0.25) is 0 Å². The van der Waals surface area contributed by atoms with Crippen molar-refractivity contribution in [1.29, 1.82) is 0 Å². The molecule has 1 amide bonds. The van der Waals surface area contributed by atoms with Gasteiger partial charge in [-0.3, -0.25) is 9.69 Å². The number of ether oxygens (including phenoxy) is 1. The molecule has 11 heteroatoms. The molecule has 0 aliphatic carbocycles. The van der Waals surface area contributed by atoms with E-state index in [1.165, 1.54) is 33.1 Å². The molecule has 7 nitrogen and oxygen atoms in total. The fourth-order valence-corrected chi connectivity index (χ4v) is 5.69. The van der Waals surface area contributed by atoms with Gasteiger partial charge in [0, 0.05) is 30.1 Å². The SMILES string of the molecule is CC(C)[C@@H](NC(=O)c1cc(-c2cnn3cc(-c4ccc(OCCN5CCCCC5)cc4)cnc23)cs1)C(F)(F)F. The molecule has 3 aromatic heterocycles. The largest absolute Gasteiger partial charge is 0.492 e. The normalized spacial score (nSPS) is 15.4. The first-order valence-corrected chi connectivity index (χ1v) is 14.3. The molecule has 1 aromatic carbocycles. The molecular formula is C29H32F3N5O2S. The number of thiophene rings is 1. The van der Waals surface area contributed by atoms with Crippen molar-refractivity contribution in [2.45, 2.75) is 45.3 Å². The van der Waals surface area contributed by atoms with Crippen LogP contribution in [0.5, 0.6) is 5.75 Å². The number of rotatable bonds is 9. The molecule has 1 aliphatic heterocycles. The summed E-state index contributed by atoms with van der Waals surface area (Å²) in [6, 6.07) is 7.53. The third-order valence-corrected chi connectivity index (χ3v) is 8.04. The number of nitrogens with zero attached hydrogens (tertiary/aromatic N) is 4. The number of piperidine rings is 1. The Balaban J connectivity index is 1.25. The van der Waals surface area contributed by atoms with Gasteiger partial charge in [0.1, 0.15) is 18.4 Å². The Kier molecular flexibility index (Phi) is 8.41. The maximum absolute atomic E-state index is 13.3. The zero-order valence-corrected chi connectivity index (χ0v) is 23.3. The van der Waals surface area contributed by atoms with Crippen LogP contribution in [0, 0.1) is 5.92 Å². The van der Waals surface area contributed by atoms with E-state index >= 15 is 0 Å². The van der Waals surface area contributed by atoms with Gasteiger partial charge in [-0.15, -0.1) is 11.3 Å². The van der Waals surface area contributed by atoms with Crippen molar-refractivity contribution in [2.24, 2.45) is 5.92 Å². The highest BCUT2D eigenvalue weighted by atomic mass is 32.1. The average molecular weight is 572 g/mol. The van der Waals surface area contributed by atoms with Gasteiger partial charge in [-0.25, -0.2) is 9.50 Å². The zero-order valence-electron chi connectivity index (χ0n) is 22.4. The van der Waals surface area contributed by atoms with Gasteiger partial charge in [-0.2, -0.15) is 18.3 Å². The third-order valence-electron chi connectivity index (χ3n) is 7.11. The van der Waals surface area contributed by atoms with Gasteiger partial charge in [0.25, 0.3) is 5.91 Å². The lowest BCUT2D eigenvalue weighted by Gasteiger charge is -2.26. The van der Waals surface area contributed by atoms with Crippen LogP contribution in [0.3, 0.4) is 0 Å². The van der Waals surface area contributed by atoms with E-state index in [-0.39, 0.29) is 4.88 Å². The molecule has 1 N–H and O–H groups in total. The molecule has 40 heavy (non-hydrogen) atoms. The van der Waals surface area contributed by atoms with Crippen LogP contribution in [-0.4, -0.2) is 63.9 Å². The minimum Gasteiger partial charge on any atom is -0.492 e. The molecule has 212 valence electrons.